The number of halogens is 1. The Morgan fingerprint density at radius 1 is 1.00 bits per heavy atom. The minimum absolute atomic E-state index is 0.109. The molecule has 0 amide bonds. The first-order valence-electron chi connectivity index (χ1n) is 9.49. The Labute approximate surface area is 171 Å². The molecule has 0 spiro atoms. The first kappa shape index (κ1) is 17.9. The Morgan fingerprint density at radius 2 is 1.73 bits per heavy atom. The van der Waals surface area contributed by atoms with Crippen molar-refractivity contribution in [1.82, 2.24) is 0 Å². The lowest BCUT2D eigenvalue weighted by atomic mass is 9.82. The maximum Gasteiger partial charge on any atom is 0.0745 e. The molecule has 136 valence electrons. The number of benzene rings is 2. The van der Waals surface area contributed by atoms with Gasteiger partial charge in [0.25, 0.3) is 0 Å². The van der Waals surface area contributed by atoms with Gasteiger partial charge in [-0.05, 0) is 41.0 Å². The van der Waals surface area contributed by atoms with E-state index in [1.807, 2.05) is 0 Å². The number of hydrogen-bond acceptors (Lipinski definition) is 2. The Hall–Kier alpha value is -1.49. The lowest BCUT2D eigenvalue weighted by Crippen LogP contribution is -2.23. The third kappa shape index (κ3) is 3.04. The van der Waals surface area contributed by atoms with Gasteiger partial charge in [0.1, 0.15) is 0 Å². The smallest absolute Gasteiger partial charge is 0.0745 e. The monoisotopic (exact) mass is 458 g/mol. The highest BCUT2D eigenvalue weighted by atomic mass is 127. The molecular formula is C23H27IN2. The van der Waals surface area contributed by atoms with Gasteiger partial charge in [-0.15, -0.1) is 0 Å². The molecule has 26 heavy (non-hydrogen) atoms. The van der Waals surface area contributed by atoms with Crippen LogP contribution in [-0.2, 0) is 5.41 Å². The molecule has 0 saturated carbocycles. The van der Waals surface area contributed by atoms with Crippen molar-refractivity contribution < 1.29 is 0 Å². The maximum absolute atomic E-state index is 3.80. The van der Waals surface area contributed by atoms with Crippen molar-refractivity contribution >= 4 is 39.9 Å². The van der Waals surface area contributed by atoms with Crippen LogP contribution in [0.15, 0.2) is 54.6 Å². The van der Waals surface area contributed by atoms with E-state index in [-0.39, 0.29) is 5.41 Å². The predicted octanol–water partition coefficient (Wildman–Crippen LogP) is 6.95. The van der Waals surface area contributed by atoms with E-state index in [9.17, 15) is 0 Å². The SMILES string of the molecule is CC1C=CC2Nc3c(cccc3N(I)c3ccccc3C(C)(C)C)[C@H]2C1. The van der Waals surface area contributed by atoms with Gasteiger partial charge in [0.2, 0.25) is 0 Å². The normalized spacial score (nSPS) is 24.0. The summed E-state index contributed by atoms with van der Waals surface area (Å²) in [5.41, 5.74) is 6.79. The molecule has 0 saturated heterocycles. The highest BCUT2D eigenvalue weighted by molar-refractivity contribution is 14.1. The Bertz CT molecular complexity index is 850. The van der Waals surface area contributed by atoms with Crippen molar-refractivity contribution in [3.8, 4) is 0 Å². The minimum Gasteiger partial charge on any atom is -0.376 e. The van der Waals surface area contributed by atoms with Crippen LogP contribution in [0.1, 0.15) is 51.2 Å². The Morgan fingerprint density at radius 3 is 2.50 bits per heavy atom. The van der Waals surface area contributed by atoms with E-state index in [1.165, 1.54) is 34.6 Å². The van der Waals surface area contributed by atoms with Crippen molar-refractivity contribution in [3.63, 3.8) is 0 Å². The molecule has 2 aliphatic rings. The van der Waals surface area contributed by atoms with Gasteiger partial charge in [-0.25, -0.2) is 0 Å². The largest absolute Gasteiger partial charge is 0.376 e. The van der Waals surface area contributed by atoms with E-state index in [0.29, 0.717) is 17.9 Å². The summed E-state index contributed by atoms with van der Waals surface area (Å²) in [6, 6.07) is 16.0. The molecule has 3 atom stereocenters. The van der Waals surface area contributed by atoms with Gasteiger partial charge in [-0.3, -0.25) is 3.11 Å². The van der Waals surface area contributed by atoms with Crippen molar-refractivity contribution in [2.45, 2.75) is 51.5 Å². The summed E-state index contributed by atoms with van der Waals surface area (Å²) >= 11 is 2.47. The second-order valence-electron chi connectivity index (χ2n) is 8.66. The fourth-order valence-electron chi connectivity index (χ4n) is 4.30. The van der Waals surface area contributed by atoms with Crippen LogP contribution in [0.25, 0.3) is 0 Å². The van der Waals surface area contributed by atoms with Crippen LogP contribution < -0.4 is 8.43 Å². The average Bonchev–Trinajstić information content (AvgIpc) is 2.98. The molecule has 1 aliphatic carbocycles. The zero-order chi connectivity index (χ0) is 18.5. The molecule has 2 nitrogen and oxygen atoms in total. The fourth-order valence-corrected chi connectivity index (χ4v) is 5.12. The first-order valence-corrected chi connectivity index (χ1v) is 10.5. The Kier molecular flexibility index (Phi) is 4.54. The highest BCUT2D eigenvalue weighted by Crippen LogP contribution is 2.49. The summed E-state index contributed by atoms with van der Waals surface area (Å²) in [5, 5.41) is 3.80. The molecule has 2 unspecified atom stereocenters. The molecule has 0 bridgehead atoms. The van der Waals surface area contributed by atoms with E-state index in [2.05, 4.69) is 114 Å². The van der Waals surface area contributed by atoms with Crippen LogP contribution in [0.3, 0.4) is 0 Å². The topological polar surface area (TPSA) is 15.3 Å². The fraction of sp³-hybridized carbons (Fsp3) is 0.391. The van der Waals surface area contributed by atoms with Crippen LogP contribution in [0.4, 0.5) is 17.1 Å². The van der Waals surface area contributed by atoms with Gasteiger partial charge >= 0.3 is 0 Å². The van der Waals surface area contributed by atoms with Gasteiger partial charge in [0, 0.05) is 5.92 Å². The van der Waals surface area contributed by atoms with Gasteiger partial charge in [-0.1, -0.05) is 70.2 Å². The third-order valence-electron chi connectivity index (χ3n) is 5.63. The second kappa shape index (κ2) is 6.59. The van der Waals surface area contributed by atoms with Crippen molar-refractivity contribution in [1.29, 1.82) is 0 Å². The minimum atomic E-state index is 0.109. The molecule has 1 aliphatic heterocycles. The highest BCUT2D eigenvalue weighted by Gasteiger charge is 2.35. The first-order chi connectivity index (χ1) is 12.4. The van der Waals surface area contributed by atoms with E-state index >= 15 is 0 Å². The van der Waals surface area contributed by atoms with Crippen LogP contribution in [-0.4, -0.2) is 6.04 Å². The molecule has 2 aromatic rings. The van der Waals surface area contributed by atoms with Gasteiger partial charge in [-0.2, -0.15) is 0 Å². The number of nitrogens with zero attached hydrogens (tertiary/aromatic N) is 1. The average molecular weight is 458 g/mol. The number of allylic oxidation sites excluding steroid dienone is 1. The molecule has 3 heteroatoms. The lowest BCUT2D eigenvalue weighted by Gasteiger charge is -2.28. The maximum atomic E-state index is 3.80. The van der Waals surface area contributed by atoms with E-state index < -0.39 is 0 Å². The van der Waals surface area contributed by atoms with Gasteiger partial charge in [0.15, 0.2) is 0 Å². The van der Waals surface area contributed by atoms with Gasteiger partial charge < -0.3 is 5.32 Å². The summed E-state index contributed by atoms with van der Waals surface area (Å²) in [6.45, 7) is 9.17. The third-order valence-corrected chi connectivity index (χ3v) is 6.67. The summed E-state index contributed by atoms with van der Waals surface area (Å²) in [4.78, 5) is 0. The number of fused-ring (bicyclic) bond motifs is 3. The molecule has 0 radical (unpaired) electrons. The summed E-state index contributed by atoms with van der Waals surface area (Å²) in [5.74, 6) is 1.25. The van der Waals surface area contributed by atoms with Crippen molar-refractivity contribution in [3.05, 3.63) is 65.7 Å². The van der Waals surface area contributed by atoms with Crippen molar-refractivity contribution in [2.75, 3.05) is 8.43 Å². The molecule has 0 aromatic heterocycles. The summed E-state index contributed by atoms with van der Waals surface area (Å²) in [6.07, 6.45) is 5.95. The number of para-hydroxylation sites is 2. The number of hydrogen-bond donors (Lipinski definition) is 1. The lowest BCUT2D eigenvalue weighted by molar-refractivity contribution is 0.504. The molecule has 1 heterocycles. The van der Waals surface area contributed by atoms with Crippen LogP contribution in [0.2, 0.25) is 0 Å². The predicted molar refractivity (Wildman–Crippen MR) is 121 cm³/mol. The van der Waals surface area contributed by atoms with Gasteiger partial charge in [0.05, 0.1) is 46.0 Å². The van der Waals surface area contributed by atoms with E-state index in [1.54, 1.807) is 0 Å². The molecule has 0 fully saturated rings. The second-order valence-corrected chi connectivity index (χ2v) is 9.63. The summed E-state index contributed by atoms with van der Waals surface area (Å²) in [7, 11) is 0. The quantitative estimate of drug-likeness (QED) is 0.298. The molecule has 2 aromatic carbocycles. The Balaban J connectivity index is 1.77. The zero-order valence-corrected chi connectivity index (χ0v) is 18.1. The number of rotatable bonds is 2. The zero-order valence-electron chi connectivity index (χ0n) is 16.0. The molecule has 1 N–H and O–H groups in total. The molecular weight excluding hydrogens is 431 g/mol. The van der Waals surface area contributed by atoms with Crippen molar-refractivity contribution in [2.24, 2.45) is 5.92 Å². The van der Waals surface area contributed by atoms with E-state index in [4.69, 9.17) is 0 Å². The van der Waals surface area contributed by atoms with E-state index in [0.717, 1.165) is 0 Å². The number of nitrogens with one attached hydrogen (secondary N) is 1. The van der Waals surface area contributed by atoms with Crippen LogP contribution in [0.5, 0.6) is 0 Å². The summed E-state index contributed by atoms with van der Waals surface area (Å²) < 4.78 is 2.33. The molecule has 4 rings (SSSR count). The van der Waals surface area contributed by atoms with Crippen LogP contribution >= 0.6 is 22.9 Å². The van der Waals surface area contributed by atoms with Crippen LogP contribution in [0, 0.1) is 5.92 Å². The standard InChI is InChI=1S/C23H27IN2/c1-15-12-13-19-17(14-15)16-8-7-11-21(22(16)25-19)26(24)20-10-6-5-9-18(20)23(2,3)4/h5-13,15,17,19,25H,14H2,1-4H3/t15?,17-,19?/m1/s1. The number of anilines is 3.